The zero-order chi connectivity index (χ0) is 11.7. The number of carbonyl (C=O) groups is 1. The van der Waals surface area contributed by atoms with Crippen molar-refractivity contribution in [3.8, 4) is 0 Å². The van der Waals surface area contributed by atoms with E-state index in [0.29, 0.717) is 11.5 Å². The molecule has 1 heterocycles. The van der Waals surface area contributed by atoms with Gasteiger partial charge in [-0.25, -0.2) is 0 Å². The minimum Gasteiger partial charge on any atom is -0.366 e. The Labute approximate surface area is 94.0 Å². The van der Waals surface area contributed by atoms with Crippen LogP contribution in [0, 0.1) is 5.92 Å². The van der Waals surface area contributed by atoms with Crippen molar-refractivity contribution in [1.29, 1.82) is 0 Å². The number of hydrogen-bond donors (Lipinski definition) is 1. The van der Waals surface area contributed by atoms with Crippen molar-refractivity contribution in [2.75, 3.05) is 0 Å². The molecule has 1 aromatic carbocycles. The number of amides is 1. The molecule has 2 aromatic rings. The zero-order valence-electron chi connectivity index (χ0n) is 9.47. The first-order chi connectivity index (χ1) is 7.58. The highest BCUT2D eigenvalue weighted by atomic mass is 16.1. The molecule has 16 heavy (non-hydrogen) atoms. The Morgan fingerprint density at radius 3 is 2.88 bits per heavy atom. The van der Waals surface area contributed by atoms with Crippen molar-refractivity contribution < 1.29 is 4.79 Å². The Balaban J connectivity index is 2.51. The van der Waals surface area contributed by atoms with Gasteiger partial charge in [-0.1, -0.05) is 19.9 Å². The average molecular weight is 217 g/mol. The van der Waals surface area contributed by atoms with Crippen molar-refractivity contribution in [2.24, 2.45) is 11.7 Å². The second kappa shape index (κ2) is 3.96. The normalized spacial score (nSPS) is 11.2. The van der Waals surface area contributed by atoms with Gasteiger partial charge in [0.2, 0.25) is 5.91 Å². The molecule has 84 valence electrons. The van der Waals surface area contributed by atoms with Crippen LogP contribution in [0.3, 0.4) is 0 Å². The predicted octanol–water partition coefficient (Wildman–Crippen LogP) is 1.79. The molecule has 0 aliphatic rings. The second-order valence-electron chi connectivity index (χ2n) is 4.36. The standard InChI is InChI=1S/C12H15N3O/c1-8(2)7-15-11-5-9(12(13)16)3-4-10(11)6-14-15/h3-6,8H,7H2,1-2H3,(H2,13,16). The van der Waals surface area contributed by atoms with E-state index in [1.165, 1.54) is 0 Å². The van der Waals surface area contributed by atoms with Gasteiger partial charge in [0.1, 0.15) is 0 Å². The van der Waals surface area contributed by atoms with Crippen LogP contribution in [0.5, 0.6) is 0 Å². The van der Waals surface area contributed by atoms with Gasteiger partial charge in [-0.2, -0.15) is 5.10 Å². The number of nitrogens with zero attached hydrogens (tertiary/aromatic N) is 2. The number of primary amides is 1. The molecular weight excluding hydrogens is 202 g/mol. The number of rotatable bonds is 3. The number of hydrogen-bond acceptors (Lipinski definition) is 2. The maximum atomic E-state index is 11.1. The van der Waals surface area contributed by atoms with Crippen LogP contribution in [0.15, 0.2) is 24.4 Å². The molecule has 2 N–H and O–H groups in total. The molecular formula is C12H15N3O. The number of aromatic nitrogens is 2. The summed E-state index contributed by atoms with van der Waals surface area (Å²) in [4.78, 5) is 11.1. The fourth-order valence-corrected chi connectivity index (χ4v) is 1.72. The topological polar surface area (TPSA) is 60.9 Å². The fourth-order valence-electron chi connectivity index (χ4n) is 1.72. The third kappa shape index (κ3) is 1.91. The third-order valence-electron chi connectivity index (χ3n) is 2.47. The van der Waals surface area contributed by atoms with Gasteiger partial charge in [0.15, 0.2) is 0 Å². The SMILES string of the molecule is CC(C)Cn1ncc2ccc(C(N)=O)cc21. The summed E-state index contributed by atoms with van der Waals surface area (Å²) >= 11 is 0. The molecule has 0 spiro atoms. The molecule has 1 aromatic heterocycles. The minimum absolute atomic E-state index is 0.404. The highest BCUT2D eigenvalue weighted by molar-refractivity contribution is 5.96. The molecule has 2 rings (SSSR count). The van der Waals surface area contributed by atoms with Crippen molar-refractivity contribution in [1.82, 2.24) is 9.78 Å². The van der Waals surface area contributed by atoms with Gasteiger partial charge >= 0.3 is 0 Å². The molecule has 0 radical (unpaired) electrons. The monoisotopic (exact) mass is 217 g/mol. The van der Waals surface area contributed by atoms with Gasteiger partial charge in [0.25, 0.3) is 0 Å². The van der Waals surface area contributed by atoms with Crippen LogP contribution in [0.2, 0.25) is 0 Å². The van der Waals surface area contributed by atoms with Crippen molar-refractivity contribution in [2.45, 2.75) is 20.4 Å². The fraction of sp³-hybridized carbons (Fsp3) is 0.333. The van der Waals surface area contributed by atoms with Crippen LogP contribution in [-0.2, 0) is 6.54 Å². The summed E-state index contributed by atoms with van der Waals surface area (Å²) in [5.74, 6) is 0.111. The Kier molecular flexibility index (Phi) is 2.64. The molecule has 0 fully saturated rings. The van der Waals surface area contributed by atoms with Gasteiger partial charge in [-0.3, -0.25) is 9.48 Å². The van der Waals surface area contributed by atoms with E-state index >= 15 is 0 Å². The molecule has 0 aliphatic carbocycles. The lowest BCUT2D eigenvalue weighted by Crippen LogP contribution is -2.11. The second-order valence-corrected chi connectivity index (χ2v) is 4.36. The van der Waals surface area contributed by atoms with Crippen LogP contribution >= 0.6 is 0 Å². The smallest absolute Gasteiger partial charge is 0.248 e. The van der Waals surface area contributed by atoms with Crippen LogP contribution in [0.25, 0.3) is 10.9 Å². The highest BCUT2D eigenvalue weighted by Gasteiger charge is 2.07. The quantitative estimate of drug-likeness (QED) is 0.852. The van der Waals surface area contributed by atoms with E-state index < -0.39 is 5.91 Å². The molecule has 4 nitrogen and oxygen atoms in total. The van der Waals surface area contributed by atoms with Gasteiger partial charge in [-0.15, -0.1) is 0 Å². The summed E-state index contributed by atoms with van der Waals surface area (Å²) in [5.41, 5.74) is 6.75. The predicted molar refractivity (Wildman–Crippen MR) is 63.1 cm³/mol. The van der Waals surface area contributed by atoms with Crippen LogP contribution < -0.4 is 5.73 Å². The molecule has 0 unspecified atom stereocenters. The third-order valence-corrected chi connectivity index (χ3v) is 2.47. The van der Waals surface area contributed by atoms with E-state index in [1.807, 2.05) is 16.9 Å². The maximum absolute atomic E-state index is 11.1. The van der Waals surface area contributed by atoms with Gasteiger partial charge in [0, 0.05) is 17.5 Å². The molecule has 0 bridgehead atoms. The average Bonchev–Trinajstić information content (AvgIpc) is 2.60. The molecule has 0 saturated heterocycles. The van der Waals surface area contributed by atoms with E-state index in [9.17, 15) is 4.79 Å². The molecule has 1 amide bonds. The van der Waals surface area contributed by atoms with E-state index in [1.54, 1.807) is 12.1 Å². The first-order valence-corrected chi connectivity index (χ1v) is 5.33. The lowest BCUT2D eigenvalue weighted by Gasteiger charge is -2.06. The lowest BCUT2D eigenvalue weighted by molar-refractivity contribution is 0.100. The van der Waals surface area contributed by atoms with E-state index in [0.717, 1.165) is 17.4 Å². The van der Waals surface area contributed by atoms with E-state index in [4.69, 9.17) is 5.73 Å². The summed E-state index contributed by atoms with van der Waals surface area (Å²) < 4.78 is 1.91. The van der Waals surface area contributed by atoms with Crippen LogP contribution in [0.1, 0.15) is 24.2 Å². The maximum Gasteiger partial charge on any atom is 0.248 e. The number of nitrogens with two attached hydrogens (primary N) is 1. The van der Waals surface area contributed by atoms with Crippen molar-refractivity contribution in [3.63, 3.8) is 0 Å². The van der Waals surface area contributed by atoms with Gasteiger partial charge in [-0.05, 0) is 18.1 Å². The summed E-state index contributed by atoms with van der Waals surface area (Å²) in [5, 5.41) is 5.33. The van der Waals surface area contributed by atoms with E-state index in [2.05, 4.69) is 18.9 Å². The summed E-state index contributed by atoms with van der Waals surface area (Å²) in [7, 11) is 0. The molecule has 0 aliphatic heterocycles. The summed E-state index contributed by atoms with van der Waals surface area (Å²) in [6.45, 7) is 5.10. The number of carbonyl (C=O) groups excluding carboxylic acids is 1. The Hall–Kier alpha value is -1.84. The molecule has 0 atom stereocenters. The van der Waals surface area contributed by atoms with Gasteiger partial charge < -0.3 is 5.73 Å². The first kappa shape index (κ1) is 10.7. The Morgan fingerprint density at radius 1 is 1.50 bits per heavy atom. The Bertz CT molecular complexity index is 528. The Morgan fingerprint density at radius 2 is 2.25 bits per heavy atom. The number of fused-ring (bicyclic) bond motifs is 1. The first-order valence-electron chi connectivity index (χ1n) is 5.33. The summed E-state index contributed by atoms with van der Waals surface area (Å²) in [6.07, 6.45) is 1.81. The largest absolute Gasteiger partial charge is 0.366 e. The highest BCUT2D eigenvalue weighted by Crippen LogP contribution is 2.16. The lowest BCUT2D eigenvalue weighted by atomic mass is 10.1. The zero-order valence-corrected chi connectivity index (χ0v) is 9.47. The van der Waals surface area contributed by atoms with E-state index in [-0.39, 0.29) is 0 Å². The molecule has 0 saturated carbocycles. The van der Waals surface area contributed by atoms with Crippen LogP contribution in [0.4, 0.5) is 0 Å². The number of benzene rings is 1. The summed E-state index contributed by atoms with van der Waals surface area (Å²) in [6, 6.07) is 5.40. The van der Waals surface area contributed by atoms with Gasteiger partial charge in [0.05, 0.1) is 11.7 Å². The van der Waals surface area contributed by atoms with Crippen molar-refractivity contribution >= 4 is 16.8 Å². The van der Waals surface area contributed by atoms with Crippen molar-refractivity contribution in [3.05, 3.63) is 30.0 Å². The molecule has 4 heteroatoms. The van der Waals surface area contributed by atoms with Crippen LogP contribution in [-0.4, -0.2) is 15.7 Å². The minimum atomic E-state index is -0.404.